The molecule has 4 N–H and O–H groups in total. The van der Waals surface area contributed by atoms with Crippen LogP contribution in [0.5, 0.6) is 0 Å². The molecule has 1 atom stereocenters. The Kier molecular flexibility index (Phi) is 4.97. The predicted octanol–water partition coefficient (Wildman–Crippen LogP) is 1.67. The van der Waals surface area contributed by atoms with Crippen LogP contribution in [-0.4, -0.2) is 58.3 Å². The monoisotopic (exact) mass is 421 g/mol. The highest BCUT2D eigenvalue weighted by molar-refractivity contribution is 6.14. The minimum Gasteiger partial charge on any atom is -0.351 e. The number of hydrogen-bond acceptors (Lipinski definition) is 6. The van der Waals surface area contributed by atoms with Crippen molar-refractivity contribution < 1.29 is 9.59 Å². The van der Waals surface area contributed by atoms with Gasteiger partial charge in [0.25, 0.3) is 5.91 Å². The summed E-state index contributed by atoms with van der Waals surface area (Å²) in [6.45, 7) is 7.01. The van der Waals surface area contributed by atoms with Crippen LogP contribution in [0.15, 0.2) is 29.1 Å². The first-order valence-electron chi connectivity index (χ1n) is 10.8. The third-order valence-corrected chi connectivity index (χ3v) is 6.32. The van der Waals surface area contributed by atoms with E-state index in [9.17, 15) is 9.59 Å². The molecule has 162 valence electrons. The molecule has 4 aliphatic rings. The summed E-state index contributed by atoms with van der Waals surface area (Å²) in [5, 5.41) is 9.96. The minimum absolute atomic E-state index is 0.0696. The van der Waals surface area contributed by atoms with Crippen LogP contribution >= 0.6 is 0 Å². The van der Waals surface area contributed by atoms with Crippen molar-refractivity contribution in [1.29, 1.82) is 0 Å². The second kappa shape index (κ2) is 7.81. The average molecular weight is 422 g/mol. The molecule has 1 unspecified atom stereocenters. The summed E-state index contributed by atoms with van der Waals surface area (Å²) < 4.78 is 0. The van der Waals surface area contributed by atoms with E-state index < -0.39 is 0 Å². The quantitative estimate of drug-likeness (QED) is 0.561. The number of piperidine rings is 3. The van der Waals surface area contributed by atoms with Crippen molar-refractivity contribution >= 4 is 40.6 Å². The third-order valence-electron chi connectivity index (χ3n) is 6.32. The molecular weight excluding hydrogens is 394 g/mol. The number of H-pyrrole nitrogens is 1. The Hall–Kier alpha value is -3.20. The van der Waals surface area contributed by atoms with Crippen LogP contribution in [0.2, 0.25) is 0 Å². The number of nitrogens with zero attached hydrogens (tertiary/aromatic N) is 3. The Balaban J connectivity index is 1.36. The van der Waals surface area contributed by atoms with Gasteiger partial charge >= 0.3 is 0 Å². The number of anilines is 1. The molecular formula is C22H27N7O2. The van der Waals surface area contributed by atoms with Gasteiger partial charge in [-0.15, -0.1) is 0 Å². The number of hydrogen-bond donors (Lipinski definition) is 4. The lowest BCUT2D eigenvalue weighted by Crippen LogP contribution is -2.58. The van der Waals surface area contributed by atoms with E-state index in [2.05, 4.69) is 35.8 Å². The number of pyridine rings is 1. The topological polar surface area (TPSA) is 115 Å². The minimum atomic E-state index is -0.227. The van der Waals surface area contributed by atoms with Gasteiger partial charge in [0.05, 0.1) is 11.9 Å². The summed E-state index contributed by atoms with van der Waals surface area (Å²) >= 11 is 0. The smallest absolute Gasteiger partial charge is 0.276 e. The van der Waals surface area contributed by atoms with Crippen LogP contribution in [0.25, 0.3) is 17.1 Å². The van der Waals surface area contributed by atoms with Crippen molar-refractivity contribution in [3.05, 3.63) is 29.7 Å². The molecule has 9 heteroatoms. The molecule has 2 aromatic rings. The SMILES string of the molecule is CC(C)C(=O)Nc1cnc2[nH]cc(C=C3N=C(NC4CN5CCC4CC5)NC3=O)c2c1. The second-order valence-electron chi connectivity index (χ2n) is 8.84. The van der Waals surface area contributed by atoms with Gasteiger partial charge < -0.3 is 20.5 Å². The first kappa shape index (κ1) is 19.7. The molecule has 0 radical (unpaired) electrons. The fraction of sp³-hybridized carbons (Fsp3) is 0.455. The lowest BCUT2D eigenvalue weighted by molar-refractivity contribution is -0.119. The fourth-order valence-electron chi connectivity index (χ4n) is 4.49. The molecule has 4 aliphatic heterocycles. The van der Waals surface area contributed by atoms with Crippen molar-refractivity contribution in [3.8, 4) is 0 Å². The summed E-state index contributed by atoms with van der Waals surface area (Å²) in [7, 11) is 0. The molecule has 9 nitrogen and oxygen atoms in total. The third kappa shape index (κ3) is 3.93. The van der Waals surface area contributed by atoms with Gasteiger partial charge in [-0.2, -0.15) is 0 Å². The lowest BCUT2D eigenvalue weighted by Gasteiger charge is -2.45. The van der Waals surface area contributed by atoms with E-state index in [1.165, 1.54) is 25.9 Å². The number of aromatic amines is 1. The molecule has 2 amide bonds. The van der Waals surface area contributed by atoms with Crippen LogP contribution in [0.1, 0.15) is 32.3 Å². The van der Waals surface area contributed by atoms with Crippen LogP contribution < -0.4 is 16.0 Å². The molecule has 0 spiro atoms. The zero-order valence-corrected chi connectivity index (χ0v) is 17.7. The van der Waals surface area contributed by atoms with Gasteiger partial charge in [0, 0.05) is 35.7 Å². The Morgan fingerprint density at radius 2 is 2.13 bits per heavy atom. The molecule has 6 rings (SSSR count). The second-order valence-corrected chi connectivity index (χ2v) is 8.84. The van der Waals surface area contributed by atoms with Crippen LogP contribution in [-0.2, 0) is 9.59 Å². The number of guanidine groups is 1. The van der Waals surface area contributed by atoms with Crippen LogP contribution in [0.4, 0.5) is 5.69 Å². The number of carbonyl (C=O) groups excluding carboxylic acids is 2. The largest absolute Gasteiger partial charge is 0.351 e. The Morgan fingerprint density at radius 1 is 1.32 bits per heavy atom. The molecule has 3 saturated heterocycles. The highest BCUT2D eigenvalue weighted by atomic mass is 16.2. The van der Waals surface area contributed by atoms with Crippen LogP contribution in [0.3, 0.4) is 0 Å². The van der Waals surface area contributed by atoms with Gasteiger partial charge in [0.15, 0.2) is 0 Å². The van der Waals surface area contributed by atoms with E-state index in [4.69, 9.17) is 0 Å². The summed E-state index contributed by atoms with van der Waals surface area (Å²) in [4.78, 5) is 38.9. The zero-order valence-electron chi connectivity index (χ0n) is 17.7. The fourth-order valence-corrected chi connectivity index (χ4v) is 4.49. The Labute approximate surface area is 180 Å². The van der Waals surface area contributed by atoms with E-state index in [-0.39, 0.29) is 17.7 Å². The number of fused-ring (bicyclic) bond motifs is 4. The zero-order chi connectivity index (χ0) is 21.5. The maximum absolute atomic E-state index is 12.5. The predicted molar refractivity (Wildman–Crippen MR) is 119 cm³/mol. The average Bonchev–Trinajstić information content (AvgIpc) is 3.32. The standard InChI is InChI=1S/C22H27N7O2/c1-12(2)20(30)25-15-8-16-14(9-23-19(16)24-10-15)7-17-21(31)28-22(26-17)27-18-11-29-5-3-13(18)4-6-29/h7-10,12-13,18H,3-6,11H2,1-2H3,(H,23,24)(H,25,30)(H2,26,27,28,31). The lowest BCUT2D eigenvalue weighted by atomic mass is 9.84. The van der Waals surface area contributed by atoms with E-state index in [1.807, 2.05) is 19.9 Å². The van der Waals surface area contributed by atoms with Gasteiger partial charge in [0.2, 0.25) is 11.9 Å². The first-order chi connectivity index (χ1) is 15.0. The van der Waals surface area contributed by atoms with Gasteiger partial charge in [-0.3, -0.25) is 14.9 Å². The maximum atomic E-state index is 12.5. The van der Waals surface area contributed by atoms with E-state index in [0.29, 0.717) is 35.0 Å². The number of aliphatic imine (C=N–C) groups is 1. The van der Waals surface area contributed by atoms with Crippen LogP contribution in [0, 0.1) is 11.8 Å². The Morgan fingerprint density at radius 3 is 2.84 bits per heavy atom. The number of nitrogens with one attached hydrogen (secondary N) is 4. The van der Waals surface area contributed by atoms with E-state index >= 15 is 0 Å². The number of rotatable bonds is 4. The normalized spacial score (nSPS) is 26.4. The van der Waals surface area contributed by atoms with Crippen molar-refractivity contribution in [2.24, 2.45) is 16.8 Å². The molecule has 0 aromatic carbocycles. The summed E-state index contributed by atoms with van der Waals surface area (Å²) in [5.41, 5.74) is 2.44. The maximum Gasteiger partial charge on any atom is 0.276 e. The number of aromatic nitrogens is 2. The molecule has 31 heavy (non-hydrogen) atoms. The molecule has 3 fully saturated rings. The number of carbonyl (C=O) groups is 2. The van der Waals surface area contributed by atoms with E-state index in [1.54, 1.807) is 18.5 Å². The van der Waals surface area contributed by atoms with Crippen molar-refractivity contribution in [3.63, 3.8) is 0 Å². The Bertz CT molecular complexity index is 1090. The van der Waals surface area contributed by atoms with Crippen molar-refractivity contribution in [2.75, 3.05) is 25.0 Å². The highest BCUT2D eigenvalue weighted by Crippen LogP contribution is 2.28. The van der Waals surface area contributed by atoms with Crippen molar-refractivity contribution in [1.82, 2.24) is 25.5 Å². The molecule has 2 aromatic heterocycles. The molecule has 0 saturated carbocycles. The summed E-state index contributed by atoms with van der Waals surface area (Å²) in [6, 6.07) is 2.18. The highest BCUT2D eigenvalue weighted by Gasteiger charge is 2.35. The molecule has 6 heterocycles. The molecule has 2 bridgehead atoms. The number of amides is 2. The summed E-state index contributed by atoms with van der Waals surface area (Å²) in [5.74, 6) is 0.743. The van der Waals surface area contributed by atoms with Gasteiger partial charge in [-0.1, -0.05) is 13.8 Å². The molecule has 0 aliphatic carbocycles. The first-order valence-corrected chi connectivity index (χ1v) is 10.8. The van der Waals surface area contributed by atoms with Crippen molar-refractivity contribution in [2.45, 2.75) is 32.7 Å². The summed E-state index contributed by atoms with van der Waals surface area (Å²) in [6.07, 6.45) is 7.54. The van der Waals surface area contributed by atoms with E-state index in [0.717, 1.165) is 17.5 Å². The van der Waals surface area contributed by atoms with Gasteiger partial charge in [-0.25, -0.2) is 9.98 Å². The van der Waals surface area contributed by atoms with Gasteiger partial charge in [0.1, 0.15) is 11.3 Å². The van der Waals surface area contributed by atoms with Gasteiger partial charge in [-0.05, 0) is 44.0 Å².